The van der Waals surface area contributed by atoms with Gasteiger partial charge in [0.15, 0.2) is 0 Å². The summed E-state index contributed by atoms with van der Waals surface area (Å²) in [6.45, 7) is 14.3. The van der Waals surface area contributed by atoms with Crippen LogP contribution in [0.3, 0.4) is 0 Å². The van der Waals surface area contributed by atoms with E-state index in [0.717, 1.165) is 0 Å². The summed E-state index contributed by atoms with van der Waals surface area (Å²) < 4.78 is 0. The van der Waals surface area contributed by atoms with Crippen LogP contribution in [0, 0.1) is 0 Å². The van der Waals surface area contributed by atoms with E-state index in [1.165, 1.54) is 115 Å². The minimum Gasteiger partial charge on any atom is -0.0654 e. The van der Waals surface area contributed by atoms with E-state index in [-0.39, 0.29) is 0 Å². The van der Waals surface area contributed by atoms with Crippen LogP contribution in [-0.4, -0.2) is 24.6 Å². The normalized spacial score (nSPS) is 12.0. The molecule has 0 saturated carbocycles. The summed E-state index contributed by atoms with van der Waals surface area (Å²) in [4.78, 5) is 0. The minimum atomic E-state index is -1.25. The van der Waals surface area contributed by atoms with E-state index >= 15 is 0 Å². The molecule has 0 aliphatic heterocycles. The third-order valence-electron chi connectivity index (χ3n) is 5.79. The first kappa shape index (κ1) is 25.6. The van der Waals surface area contributed by atoms with Crippen molar-refractivity contribution < 1.29 is 0 Å². The zero-order valence-electron chi connectivity index (χ0n) is 18.1. The molecule has 0 unspecified atom stereocenters. The van der Waals surface area contributed by atoms with E-state index in [1.54, 1.807) is 0 Å². The van der Waals surface area contributed by atoms with Crippen LogP contribution < -0.4 is 0 Å². The fourth-order valence-electron chi connectivity index (χ4n) is 4.17. The predicted octanol–water partition coefficient (Wildman–Crippen LogP) is 8.78. The molecule has 0 rings (SSSR count). The first-order valence-electron chi connectivity index (χ1n) is 11.6. The first-order valence-corrected chi connectivity index (χ1v) is 14.4. The monoisotopic (exact) mass is 380 g/mol. The van der Waals surface area contributed by atoms with Gasteiger partial charge in [-0.05, 0) is 0 Å². The van der Waals surface area contributed by atoms with Gasteiger partial charge in [-0.25, -0.2) is 0 Å². The SMILES string of the molecule is C=CC[PH](CC=C)(CC=C)CCCCCCCCCCCCCCCC. The van der Waals surface area contributed by atoms with Gasteiger partial charge in [-0.3, -0.25) is 0 Å². The summed E-state index contributed by atoms with van der Waals surface area (Å²) in [5.74, 6) is 0. The summed E-state index contributed by atoms with van der Waals surface area (Å²) >= 11 is 0. The van der Waals surface area contributed by atoms with Crippen molar-refractivity contribution in [1.29, 1.82) is 0 Å². The Morgan fingerprint density at radius 2 is 0.808 bits per heavy atom. The molecule has 0 nitrogen and oxygen atoms in total. The molecule has 0 aliphatic carbocycles. The van der Waals surface area contributed by atoms with Crippen molar-refractivity contribution in [3.63, 3.8) is 0 Å². The van der Waals surface area contributed by atoms with E-state index in [1.807, 2.05) is 0 Å². The number of rotatable bonds is 21. The fourth-order valence-corrected chi connectivity index (χ4v) is 8.12. The molecule has 26 heavy (non-hydrogen) atoms. The molecule has 0 heterocycles. The Labute approximate surface area is 167 Å². The number of allylic oxidation sites excluding steroid dienone is 3. The zero-order valence-corrected chi connectivity index (χ0v) is 19.1. The van der Waals surface area contributed by atoms with Gasteiger partial charge in [-0.15, -0.1) is 0 Å². The Hall–Kier alpha value is -0.350. The average molecular weight is 381 g/mol. The molecule has 0 amide bonds. The van der Waals surface area contributed by atoms with Crippen molar-refractivity contribution >= 4 is 7.26 Å². The molecule has 1 heteroatoms. The van der Waals surface area contributed by atoms with Gasteiger partial charge >= 0.3 is 141 Å². The molecule has 0 atom stereocenters. The summed E-state index contributed by atoms with van der Waals surface area (Å²) in [5.41, 5.74) is 0. The summed E-state index contributed by atoms with van der Waals surface area (Å²) in [5, 5.41) is 0. The third kappa shape index (κ3) is 14.8. The zero-order chi connectivity index (χ0) is 19.3. The third-order valence-corrected chi connectivity index (χ3v) is 10.7. The van der Waals surface area contributed by atoms with Crippen molar-refractivity contribution in [3.05, 3.63) is 38.0 Å². The predicted molar refractivity (Wildman–Crippen MR) is 129 cm³/mol. The standard InChI is InChI=1S/C25H49P/c1-5-9-10-11-12-13-14-15-16-17-18-19-20-21-25-26(22-6-2,23-7-3)24-8-4/h6-8,26H,2-5,9-25H2,1H3. The molecule has 154 valence electrons. The molecule has 0 aromatic heterocycles. The Morgan fingerprint density at radius 1 is 0.500 bits per heavy atom. The van der Waals surface area contributed by atoms with Crippen LogP contribution in [-0.2, 0) is 0 Å². The molecular formula is C25H49P. The fraction of sp³-hybridized carbons (Fsp3) is 0.760. The maximum absolute atomic E-state index is 3.99. The smallest absolute Gasteiger partial charge is 0.0654 e. The van der Waals surface area contributed by atoms with E-state index in [4.69, 9.17) is 0 Å². The van der Waals surface area contributed by atoms with E-state index < -0.39 is 7.26 Å². The molecule has 0 spiro atoms. The average Bonchev–Trinajstić information content (AvgIpc) is 2.63. The molecule has 0 bridgehead atoms. The van der Waals surface area contributed by atoms with Crippen molar-refractivity contribution in [2.24, 2.45) is 0 Å². The van der Waals surface area contributed by atoms with Gasteiger partial charge in [-0.1, -0.05) is 26.2 Å². The van der Waals surface area contributed by atoms with Crippen LogP contribution in [0.2, 0.25) is 0 Å². The second-order valence-corrected chi connectivity index (χ2v) is 13.0. The number of hydrogen-bond donors (Lipinski definition) is 0. The summed E-state index contributed by atoms with van der Waals surface area (Å²) in [6.07, 6.45) is 31.7. The molecule has 0 N–H and O–H groups in total. The van der Waals surface area contributed by atoms with Crippen molar-refractivity contribution in [3.8, 4) is 0 Å². The molecule has 0 aromatic carbocycles. The van der Waals surface area contributed by atoms with Crippen LogP contribution in [0.5, 0.6) is 0 Å². The van der Waals surface area contributed by atoms with Gasteiger partial charge in [0.1, 0.15) is 0 Å². The summed E-state index contributed by atoms with van der Waals surface area (Å²) in [6, 6.07) is 0. The topological polar surface area (TPSA) is 0 Å². The molecule has 0 fully saturated rings. The van der Waals surface area contributed by atoms with Gasteiger partial charge in [0.05, 0.1) is 0 Å². The van der Waals surface area contributed by atoms with E-state index in [9.17, 15) is 0 Å². The number of hydrogen-bond acceptors (Lipinski definition) is 0. The second-order valence-electron chi connectivity index (χ2n) is 8.32. The molecule has 0 aromatic rings. The first-order chi connectivity index (χ1) is 12.7. The van der Waals surface area contributed by atoms with Crippen molar-refractivity contribution in [2.45, 2.75) is 96.8 Å². The van der Waals surface area contributed by atoms with E-state index in [0.29, 0.717) is 0 Å². The van der Waals surface area contributed by atoms with Crippen LogP contribution in [0.1, 0.15) is 96.8 Å². The van der Waals surface area contributed by atoms with E-state index in [2.05, 4.69) is 44.9 Å². The van der Waals surface area contributed by atoms with Crippen LogP contribution >= 0.6 is 7.26 Å². The van der Waals surface area contributed by atoms with Crippen LogP contribution in [0.4, 0.5) is 0 Å². The molecule has 0 aliphatic rings. The van der Waals surface area contributed by atoms with Gasteiger partial charge in [0, 0.05) is 0 Å². The minimum absolute atomic E-state index is 1.23. The Bertz CT molecular complexity index is 305. The van der Waals surface area contributed by atoms with Crippen molar-refractivity contribution in [1.82, 2.24) is 0 Å². The van der Waals surface area contributed by atoms with Gasteiger partial charge in [0.2, 0.25) is 0 Å². The maximum atomic E-state index is 3.99. The van der Waals surface area contributed by atoms with Gasteiger partial charge in [-0.2, -0.15) is 0 Å². The van der Waals surface area contributed by atoms with Crippen LogP contribution in [0.25, 0.3) is 0 Å². The second kappa shape index (κ2) is 19.4. The Morgan fingerprint density at radius 3 is 1.12 bits per heavy atom. The quantitative estimate of drug-likeness (QED) is 0.106. The Kier molecular flexibility index (Phi) is 19.2. The van der Waals surface area contributed by atoms with Gasteiger partial charge < -0.3 is 0 Å². The molecular weight excluding hydrogens is 331 g/mol. The number of unbranched alkanes of at least 4 members (excludes halogenated alkanes) is 13. The molecule has 0 radical (unpaired) electrons. The van der Waals surface area contributed by atoms with Crippen LogP contribution in [0.15, 0.2) is 38.0 Å². The van der Waals surface area contributed by atoms with Crippen molar-refractivity contribution in [2.75, 3.05) is 24.6 Å². The van der Waals surface area contributed by atoms with Gasteiger partial charge in [0.25, 0.3) is 0 Å². The Balaban J connectivity index is 3.57. The summed E-state index contributed by atoms with van der Waals surface area (Å²) in [7, 11) is -1.25. The molecule has 0 saturated heterocycles.